The normalized spacial score (nSPS) is 14.2. The van der Waals surface area contributed by atoms with Crippen LogP contribution < -0.4 is 9.47 Å². The molecule has 0 N–H and O–H groups in total. The van der Waals surface area contributed by atoms with Crippen LogP contribution in [0.3, 0.4) is 0 Å². The summed E-state index contributed by atoms with van der Waals surface area (Å²) in [6, 6.07) is 7.85. The van der Waals surface area contributed by atoms with Crippen LogP contribution in [-0.2, 0) is 6.61 Å². The second kappa shape index (κ2) is 8.21. The second-order valence-corrected chi connectivity index (χ2v) is 6.80. The first-order valence-electron chi connectivity index (χ1n) is 9.40. The highest BCUT2D eigenvalue weighted by Crippen LogP contribution is 2.30. The minimum Gasteiger partial charge on any atom is -0.486 e. The predicted octanol–water partition coefficient (Wildman–Crippen LogP) is 3.86. The minimum absolute atomic E-state index is 0.258. The average Bonchev–Trinajstić information content (AvgIpc) is 3.44. The Morgan fingerprint density at radius 2 is 2.11 bits per heavy atom. The van der Waals surface area contributed by atoms with E-state index in [4.69, 9.17) is 14.6 Å². The monoisotopic (exact) mass is 378 g/mol. The number of carbonyl (C=O) groups is 1. The third-order valence-corrected chi connectivity index (χ3v) is 5.03. The molecule has 1 saturated carbocycles. The summed E-state index contributed by atoms with van der Waals surface area (Å²) in [5.41, 5.74) is 2.90. The van der Waals surface area contributed by atoms with Gasteiger partial charge in [-0.2, -0.15) is 5.10 Å². The molecule has 0 aliphatic heterocycles. The zero-order chi connectivity index (χ0) is 19.3. The predicted molar refractivity (Wildman–Crippen MR) is 103 cm³/mol. The molecule has 0 radical (unpaired) electrons. The van der Waals surface area contributed by atoms with Crippen LogP contribution in [0.1, 0.15) is 47.6 Å². The van der Waals surface area contributed by atoms with Crippen molar-refractivity contribution in [2.45, 2.75) is 38.3 Å². The molecule has 3 aromatic rings. The molecule has 28 heavy (non-hydrogen) atoms. The molecule has 3 aromatic heterocycles. The molecule has 7 nitrogen and oxygen atoms in total. The quantitative estimate of drug-likeness (QED) is 0.581. The zero-order valence-corrected chi connectivity index (χ0v) is 15.7. The Morgan fingerprint density at radius 1 is 1.25 bits per heavy atom. The highest BCUT2D eigenvalue weighted by molar-refractivity contribution is 5.79. The van der Waals surface area contributed by atoms with Crippen LogP contribution in [-0.4, -0.2) is 33.1 Å². The van der Waals surface area contributed by atoms with Crippen molar-refractivity contribution in [3.8, 4) is 23.0 Å². The zero-order valence-electron chi connectivity index (χ0n) is 15.7. The number of aromatic nitrogens is 4. The Labute approximate surface area is 163 Å². The van der Waals surface area contributed by atoms with Gasteiger partial charge in [0.05, 0.1) is 30.6 Å². The molecule has 3 heterocycles. The Kier molecular flexibility index (Phi) is 5.32. The van der Waals surface area contributed by atoms with E-state index in [1.807, 2.05) is 24.4 Å². The third kappa shape index (κ3) is 3.74. The molecule has 0 spiro atoms. The van der Waals surface area contributed by atoms with Crippen molar-refractivity contribution >= 4 is 6.29 Å². The number of hydrogen-bond donors (Lipinski definition) is 0. The van der Waals surface area contributed by atoms with E-state index in [1.165, 1.54) is 39.0 Å². The summed E-state index contributed by atoms with van der Waals surface area (Å²) >= 11 is 0. The molecular weight excluding hydrogens is 356 g/mol. The molecule has 0 atom stereocenters. The molecule has 1 aliphatic carbocycles. The molecule has 1 fully saturated rings. The van der Waals surface area contributed by atoms with Crippen molar-refractivity contribution in [3.05, 3.63) is 54.0 Å². The SMILES string of the molecule is COc1cc(C=O)c(OCc2cccnc2-c2ccn(C3CCCC3)n2)cn1. The number of hydrogen-bond acceptors (Lipinski definition) is 6. The largest absolute Gasteiger partial charge is 0.486 e. The van der Waals surface area contributed by atoms with Crippen LogP contribution >= 0.6 is 0 Å². The summed E-state index contributed by atoms with van der Waals surface area (Å²) in [6.07, 6.45) is 10.9. The first-order valence-corrected chi connectivity index (χ1v) is 9.40. The lowest BCUT2D eigenvalue weighted by atomic mass is 10.1. The minimum atomic E-state index is 0.258. The van der Waals surface area contributed by atoms with Crippen LogP contribution in [0.5, 0.6) is 11.6 Å². The molecule has 0 aromatic carbocycles. The second-order valence-electron chi connectivity index (χ2n) is 6.80. The van der Waals surface area contributed by atoms with Crippen molar-refractivity contribution in [2.24, 2.45) is 0 Å². The highest BCUT2D eigenvalue weighted by Gasteiger charge is 2.19. The first-order chi connectivity index (χ1) is 13.8. The fourth-order valence-electron chi connectivity index (χ4n) is 3.54. The van der Waals surface area contributed by atoms with Crippen LogP contribution in [0.2, 0.25) is 0 Å². The summed E-state index contributed by atoms with van der Waals surface area (Å²) in [5.74, 6) is 0.774. The number of ether oxygens (including phenoxy) is 2. The van der Waals surface area contributed by atoms with Gasteiger partial charge in [0.15, 0.2) is 6.29 Å². The molecule has 1 aliphatic rings. The van der Waals surface area contributed by atoms with E-state index in [2.05, 4.69) is 14.6 Å². The maximum absolute atomic E-state index is 11.3. The molecule has 4 rings (SSSR count). The van der Waals surface area contributed by atoms with Gasteiger partial charge in [0.1, 0.15) is 18.1 Å². The smallest absolute Gasteiger partial charge is 0.213 e. The van der Waals surface area contributed by atoms with Gasteiger partial charge in [-0.3, -0.25) is 14.5 Å². The molecular formula is C21H22N4O3. The summed E-state index contributed by atoms with van der Waals surface area (Å²) in [7, 11) is 1.50. The first kappa shape index (κ1) is 18.2. The fourth-order valence-corrected chi connectivity index (χ4v) is 3.54. The van der Waals surface area contributed by atoms with Gasteiger partial charge in [-0.25, -0.2) is 4.98 Å². The summed E-state index contributed by atoms with van der Waals surface area (Å²) in [4.78, 5) is 20.0. The van der Waals surface area contributed by atoms with E-state index in [0.29, 0.717) is 23.2 Å². The van der Waals surface area contributed by atoms with E-state index in [0.717, 1.165) is 23.2 Å². The molecule has 0 unspecified atom stereocenters. The summed E-state index contributed by atoms with van der Waals surface area (Å²) in [5, 5.41) is 4.75. The number of nitrogens with zero attached hydrogens (tertiary/aromatic N) is 4. The molecule has 0 bridgehead atoms. The van der Waals surface area contributed by atoms with Crippen LogP contribution in [0.4, 0.5) is 0 Å². The topological polar surface area (TPSA) is 79.1 Å². The van der Waals surface area contributed by atoms with Gasteiger partial charge >= 0.3 is 0 Å². The van der Waals surface area contributed by atoms with E-state index < -0.39 is 0 Å². The summed E-state index contributed by atoms with van der Waals surface area (Å²) < 4.78 is 13.0. The van der Waals surface area contributed by atoms with Crippen LogP contribution in [0, 0.1) is 0 Å². The van der Waals surface area contributed by atoms with Gasteiger partial charge in [0.25, 0.3) is 0 Å². The molecule has 0 amide bonds. The lowest BCUT2D eigenvalue weighted by Crippen LogP contribution is -2.06. The standard InChI is InChI=1S/C21H22N4O3/c1-27-20-11-16(13-26)19(12-23-20)28-14-15-5-4-9-22-21(15)18-8-10-25(24-18)17-6-2-3-7-17/h4-5,8-13,17H,2-3,6-7,14H2,1H3. The molecule has 144 valence electrons. The van der Waals surface area contributed by atoms with Crippen molar-refractivity contribution < 1.29 is 14.3 Å². The summed E-state index contributed by atoms with van der Waals surface area (Å²) in [6.45, 7) is 0.258. The maximum atomic E-state index is 11.3. The number of carbonyl (C=O) groups excluding carboxylic acids is 1. The van der Waals surface area contributed by atoms with Gasteiger partial charge in [0, 0.05) is 24.0 Å². The van der Waals surface area contributed by atoms with Crippen molar-refractivity contribution in [3.63, 3.8) is 0 Å². The number of pyridine rings is 2. The Bertz CT molecular complexity index is 964. The Balaban J connectivity index is 1.55. The number of rotatable bonds is 7. The van der Waals surface area contributed by atoms with Crippen LogP contribution in [0.25, 0.3) is 11.4 Å². The average molecular weight is 378 g/mol. The Morgan fingerprint density at radius 3 is 2.89 bits per heavy atom. The number of methoxy groups -OCH3 is 1. The van der Waals surface area contributed by atoms with E-state index >= 15 is 0 Å². The van der Waals surface area contributed by atoms with Crippen LogP contribution in [0.15, 0.2) is 42.9 Å². The van der Waals surface area contributed by atoms with Crippen molar-refractivity contribution in [2.75, 3.05) is 7.11 Å². The van der Waals surface area contributed by atoms with E-state index in [1.54, 1.807) is 12.3 Å². The van der Waals surface area contributed by atoms with Crippen molar-refractivity contribution in [1.29, 1.82) is 0 Å². The highest BCUT2D eigenvalue weighted by atomic mass is 16.5. The lowest BCUT2D eigenvalue weighted by Gasteiger charge is -2.11. The maximum Gasteiger partial charge on any atom is 0.213 e. The fraction of sp³-hybridized carbons (Fsp3) is 0.333. The lowest BCUT2D eigenvalue weighted by molar-refractivity contribution is 0.111. The van der Waals surface area contributed by atoms with E-state index in [9.17, 15) is 4.79 Å². The van der Waals surface area contributed by atoms with Gasteiger partial charge in [-0.1, -0.05) is 18.9 Å². The molecule has 7 heteroatoms. The van der Waals surface area contributed by atoms with E-state index in [-0.39, 0.29) is 6.61 Å². The third-order valence-electron chi connectivity index (χ3n) is 5.03. The van der Waals surface area contributed by atoms with Gasteiger partial charge in [0.2, 0.25) is 5.88 Å². The molecule has 0 saturated heterocycles. The van der Waals surface area contributed by atoms with Gasteiger partial charge in [-0.05, 0) is 25.0 Å². The Hall–Kier alpha value is -3.22. The number of aldehydes is 1. The van der Waals surface area contributed by atoms with Gasteiger partial charge < -0.3 is 9.47 Å². The van der Waals surface area contributed by atoms with Crippen molar-refractivity contribution in [1.82, 2.24) is 19.7 Å². The van der Waals surface area contributed by atoms with Gasteiger partial charge in [-0.15, -0.1) is 0 Å².